The second-order valence-corrected chi connectivity index (χ2v) is 17.4. The van der Waals surface area contributed by atoms with Crippen LogP contribution in [0.25, 0.3) is 0 Å². The minimum Gasteiger partial charge on any atom is -0.396 e. The van der Waals surface area contributed by atoms with E-state index in [0.717, 1.165) is 102 Å². The van der Waals surface area contributed by atoms with Crippen molar-refractivity contribution in [3.8, 4) is 0 Å². The van der Waals surface area contributed by atoms with Gasteiger partial charge in [-0.05, 0) is 44.9 Å². The van der Waals surface area contributed by atoms with Gasteiger partial charge in [-0.25, -0.2) is 0 Å². The molecule has 0 aromatic heterocycles. The summed E-state index contributed by atoms with van der Waals surface area (Å²) in [5.74, 6) is -8.96. The van der Waals surface area contributed by atoms with Gasteiger partial charge >= 0.3 is 0 Å². The van der Waals surface area contributed by atoms with Gasteiger partial charge in [0.15, 0.2) is 0 Å². The number of aliphatic hydroxyl groups is 3. The molecule has 3 atom stereocenters. The Balaban J connectivity index is 1.47. The number of carbonyl (C=O) groups excluding carboxylic acids is 12. The van der Waals surface area contributed by atoms with Crippen molar-refractivity contribution in [2.75, 3.05) is 79.1 Å². The lowest BCUT2D eigenvalue weighted by molar-refractivity contribution is -0.202. The number of aliphatic hydroxyl groups excluding tert-OH is 3. The first-order valence-corrected chi connectivity index (χ1v) is 23.4. The molecule has 3 N–H and O–H groups in total. The van der Waals surface area contributed by atoms with Crippen LogP contribution in [0.5, 0.6) is 0 Å². The van der Waals surface area contributed by atoms with Crippen molar-refractivity contribution in [1.82, 2.24) is 29.4 Å². The smallest absolute Gasteiger partial charge is 0.253 e. The Kier molecular flexibility index (Phi) is 18.5. The molecule has 6 heterocycles. The molecule has 0 aliphatic carbocycles. The highest BCUT2D eigenvalue weighted by Gasteiger charge is 2.69. The predicted molar refractivity (Wildman–Crippen MR) is 243 cm³/mol. The minimum atomic E-state index is -2.48. The summed E-state index contributed by atoms with van der Waals surface area (Å²) in [7, 11) is 0. The van der Waals surface area contributed by atoms with Gasteiger partial charge in [0.2, 0.25) is 0 Å². The Morgan fingerprint density at radius 3 is 0.819 bits per heavy atom. The molecule has 24 heteroatoms. The fourth-order valence-electron chi connectivity index (χ4n) is 10.4. The summed E-state index contributed by atoms with van der Waals surface area (Å²) in [5.41, 5.74) is -4.77. The summed E-state index contributed by atoms with van der Waals surface area (Å²) < 4.78 is 18.1. The topological polar surface area (TPSA) is 313 Å². The fraction of sp³-hybridized carbons (Fsp3) is 0.500. The summed E-state index contributed by atoms with van der Waals surface area (Å²) >= 11 is 0. The summed E-state index contributed by atoms with van der Waals surface area (Å²) in [6, 6.07) is -5.33. The van der Waals surface area contributed by atoms with Gasteiger partial charge in [0.25, 0.3) is 70.9 Å². The molecule has 0 fully saturated rings. The third-order valence-electron chi connectivity index (χ3n) is 13.6. The molecule has 24 nitrogen and oxygen atoms in total. The Morgan fingerprint density at radius 1 is 0.361 bits per heavy atom. The van der Waals surface area contributed by atoms with Crippen molar-refractivity contribution in [2.45, 2.75) is 63.1 Å². The molecule has 386 valence electrons. The van der Waals surface area contributed by atoms with Gasteiger partial charge in [-0.1, -0.05) is 0 Å². The number of amides is 12. The molecule has 3 unspecified atom stereocenters. The van der Waals surface area contributed by atoms with Crippen LogP contribution in [0.3, 0.4) is 0 Å². The van der Waals surface area contributed by atoms with E-state index in [-0.39, 0.29) is 58.7 Å². The van der Waals surface area contributed by atoms with Crippen LogP contribution in [0, 0.1) is 10.8 Å². The molecule has 72 heavy (non-hydrogen) atoms. The first-order chi connectivity index (χ1) is 34.6. The van der Waals surface area contributed by atoms with Crippen molar-refractivity contribution >= 4 is 70.9 Å². The second kappa shape index (κ2) is 24.4. The van der Waals surface area contributed by atoms with Crippen LogP contribution in [0.2, 0.25) is 0 Å². The van der Waals surface area contributed by atoms with Crippen LogP contribution in [-0.2, 0) is 71.7 Å². The molecule has 0 spiro atoms. The van der Waals surface area contributed by atoms with Crippen molar-refractivity contribution in [3.63, 3.8) is 0 Å². The number of hydrogen-bond donors (Lipinski definition) is 3. The molecular weight excluding hydrogens is 949 g/mol. The van der Waals surface area contributed by atoms with Crippen molar-refractivity contribution < 1.29 is 87.1 Å². The summed E-state index contributed by atoms with van der Waals surface area (Å²) in [4.78, 5) is 164. The Bertz CT molecular complexity index is 2050. The van der Waals surface area contributed by atoms with Crippen LogP contribution in [0.15, 0.2) is 72.9 Å². The van der Waals surface area contributed by atoms with Gasteiger partial charge < -0.3 is 29.5 Å². The molecule has 0 aromatic carbocycles. The largest absolute Gasteiger partial charge is 0.396 e. The zero-order valence-electron chi connectivity index (χ0n) is 39.2. The third kappa shape index (κ3) is 11.2. The fourth-order valence-corrected chi connectivity index (χ4v) is 10.4. The first-order valence-electron chi connectivity index (χ1n) is 23.4. The van der Waals surface area contributed by atoms with Crippen LogP contribution in [0.4, 0.5) is 0 Å². The summed E-state index contributed by atoms with van der Waals surface area (Å²) in [6.45, 7) is -4.83. The zero-order chi connectivity index (χ0) is 52.2. The maximum Gasteiger partial charge on any atom is 0.253 e. The average Bonchev–Trinajstić information content (AvgIpc) is 4.20. The molecule has 0 saturated carbocycles. The first kappa shape index (κ1) is 54.4. The highest BCUT2D eigenvalue weighted by atomic mass is 16.5. The molecule has 6 aliphatic rings. The van der Waals surface area contributed by atoms with Gasteiger partial charge in [-0.15, -0.1) is 0 Å². The van der Waals surface area contributed by atoms with E-state index in [0.29, 0.717) is 0 Å². The van der Waals surface area contributed by atoms with Gasteiger partial charge in [-0.3, -0.25) is 86.9 Å². The van der Waals surface area contributed by atoms with E-state index in [4.69, 9.17) is 14.2 Å². The number of imide groups is 6. The maximum atomic E-state index is 14.2. The highest BCUT2D eigenvalue weighted by Crippen LogP contribution is 2.57. The molecule has 0 bridgehead atoms. The van der Waals surface area contributed by atoms with E-state index in [2.05, 4.69) is 0 Å². The Hall–Kier alpha value is -6.96. The molecule has 0 saturated heterocycles. The van der Waals surface area contributed by atoms with E-state index in [1.807, 2.05) is 0 Å². The van der Waals surface area contributed by atoms with E-state index in [1.165, 1.54) is 0 Å². The number of rotatable bonds is 32. The van der Waals surface area contributed by atoms with Crippen molar-refractivity contribution in [2.24, 2.45) is 10.8 Å². The summed E-state index contributed by atoms with van der Waals surface area (Å²) in [5, 5.41) is 34.8. The molecular formula is C48H56N6O18. The lowest BCUT2D eigenvalue weighted by Crippen LogP contribution is -2.76. The van der Waals surface area contributed by atoms with Crippen LogP contribution >= 0.6 is 0 Å². The highest BCUT2D eigenvalue weighted by molar-refractivity contribution is 6.16. The van der Waals surface area contributed by atoms with Crippen LogP contribution in [0.1, 0.15) is 44.9 Å². The van der Waals surface area contributed by atoms with Crippen molar-refractivity contribution in [1.29, 1.82) is 0 Å². The van der Waals surface area contributed by atoms with E-state index in [9.17, 15) is 72.9 Å². The number of carbonyl (C=O) groups is 12. The zero-order valence-corrected chi connectivity index (χ0v) is 39.2. The molecule has 6 aliphatic heterocycles. The molecule has 0 aromatic rings. The van der Waals surface area contributed by atoms with E-state index in [1.54, 1.807) is 0 Å². The summed E-state index contributed by atoms with van der Waals surface area (Å²) in [6.07, 6.45) is 10.6. The maximum absolute atomic E-state index is 14.2. The Morgan fingerprint density at radius 2 is 0.597 bits per heavy atom. The van der Waals surface area contributed by atoms with E-state index >= 15 is 0 Å². The van der Waals surface area contributed by atoms with Crippen LogP contribution in [-0.4, -0.2) is 213 Å². The third-order valence-corrected chi connectivity index (χ3v) is 13.6. The molecule has 6 rings (SSSR count). The lowest BCUT2D eigenvalue weighted by atomic mass is 9.49. The standard InChI is InChI=1S/C48H56N6O18/c55-23-19-47(30-56,31-57)48(32(52-41(64)10-11-42(52)65)16-27-70-24-1-20-49-35(58)4-5-36(49)59,33(53-43(66)12-13-44(53)67)17-28-71-25-2-21-50-37(60)6-7-38(50)61)34(54-45(68)14-15-46(54)69)18-29-72-26-3-22-51-39(62)8-9-40(51)63/h4-15,32-34,55-57H,1-3,16-31H2. The van der Waals surface area contributed by atoms with Gasteiger partial charge in [-0.2, -0.15) is 0 Å². The molecule has 12 amide bonds. The normalized spacial score (nSPS) is 20.0. The van der Waals surface area contributed by atoms with E-state index < -0.39 is 165 Å². The number of ether oxygens (including phenoxy) is 3. The van der Waals surface area contributed by atoms with Gasteiger partial charge in [0.1, 0.15) is 0 Å². The van der Waals surface area contributed by atoms with Crippen molar-refractivity contribution in [3.05, 3.63) is 72.9 Å². The van der Waals surface area contributed by atoms with Crippen LogP contribution < -0.4 is 0 Å². The lowest BCUT2D eigenvalue weighted by Gasteiger charge is -2.63. The molecule has 0 radical (unpaired) electrons. The number of hydrogen-bond acceptors (Lipinski definition) is 18. The second-order valence-electron chi connectivity index (χ2n) is 17.4. The number of nitrogens with zero attached hydrogens (tertiary/aromatic N) is 6. The SMILES string of the molecule is O=C1C=CC(=O)N1CCCOCCC(N1C(=O)C=CC1=O)C(C(CCOCCCN1C(=O)C=CC1=O)N1C(=O)C=CC1=O)(C(CCOCCCN1C(=O)C=CC1=O)N1C(=O)C=CC1=O)C(CO)(CO)CCO. The van der Waals surface area contributed by atoms with Gasteiger partial charge in [0.05, 0.1) is 31.3 Å². The Labute approximate surface area is 412 Å². The predicted octanol–water partition coefficient (Wildman–Crippen LogP) is -2.63. The minimum absolute atomic E-state index is 0.0503. The quantitative estimate of drug-likeness (QED) is 0.0459. The average molecular weight is 1000 g/mol. The monoisotopic (exact) mass is 1000 g/mol. The van der Waals surface area contributed by atoms with Gasteiger partial charge in [0, 0.05) is 150 Å².